The lowest BCUT2D eigenvalue weighted by molar-refractivity contribution is -0.144. The molecule has 2 fully saturated rings. The van der Waals surface area contributed by atoms with Crippen molar-refractivity contribution in [1.29, 1.82) is 0 Å². The van der Waals surface area contributed by atoms with E-state index in [1.807, 2.05) is 0 Å². The third-order valence-corrected chi connectivity index (χ3v) is 3.19. The fraction of sp³-hybridized carbons (Fsp3) is 0.750. The summed E-state index contributed by atoms with van der Waals surface area (Å²) in [5, 5.41) is 17.8. The molecule has 0 radical (unpaired) electrons. The van der Waals surface area contributed by atoms with Crippen molar-refractivity contribution in [1.82, 2.24) is 4.90 Å². The highest BCUT2D eigenvalue weighted by molar-refractivity contribution is 5.81. The molecule has 1 aliphatic heterocycles. The maximum Gasteiger partial charge on any atom is 0.408 e. The molecule has 1 saturated carbocycles. The van der Waals surface area contributed by atoms with Crippen LogP contribution in [-0.4, -0.2) is 45.3 Å². The van der Waals surface area contributed by atoms with Crippen LogP contribution in [0.3, 0.4) is 0 Å². The van der Waals surface area contributed by atoms with Gasteiger partial charge in [0.05, 0.1) is 6.04 Å². The lowest BCUT2D eigenvalue weighted by Gasteiger charge is -2.33. The van der Waals surface area contributed by atoms with Gasteiger partial charge in [-0.1, -0.05) is 0 Å². The third kappa shape index (κ3) is 1.07. The van der Waals surface area contributed by atoms with Crippen LogP contribution >= 0.6 is 0 Å². The number of carboxylic acid groups (broad SMARTS) is 2. The predicted octanol–water partition coefficient (Wildman–Crippen LogP) is -0.461. The first-order chi connectivity index (χ1) is 6.52. The molecule has 4 atom stereocenters. The van der Waals surface area contributed by atoms with Crippen molar-refractivity contribution in [2.24, 2.45) is 11.7 Å². The van der Waals surface area contributed by atoms with Crippen LogP contribution in [-0.2, 0) is 4.79 Å². The number of amides is 1. The van der Waals surface area contributed by atoms with Gasteiger partial charge in [0, 0.05) is 6.04 Å². The molecule has 1 saturated heterocycles. The number of fused-ring (bicyclic) bond motifs is 2. The summed E-state index contributed by atoms with van der Waals surface area (Å²) in [6, 6.07) is -1.40. The Kier molecular flexibility index (Phi) is 1.88. The number of nitrogens with two attached hydrogens (primary N) is 1. The summed E-state index contributed by atoms with van der Waals surface area (Å²) in [6.07, 6.45) is 0.0237. The molecule has 1 heterocycles. The zero-order chi connectivity index (χ0) is 10.5. The minimum absolute atomic E-state index is 0.108. The minimum atomic E-state index is -1.18. The maximum atomic E-state index is 10.9. The highest BCUT2D eigenvalue weighted by Crippen LogP contribution is 2.41. The molecule has 4 N–H and O–H groups in total. The highest BCUT2D eigenvalue weighted by atomic mass is 16.4. The topological polar surface area (TPSA) is 104 Å². The molecule has 1 amide bonds. The van der Waals surface area contributed by atoms with Gasteiger partial charge >= 0.3 is 12.1 Å². The van der Waals surface area contributed by atoms with E-state index in [0.717, 1.165) is 4.90 Å². The monoisotopic (exact) mass is 200 g/mol. The van der Waals surface area contributed by atoms with Crippen molar-refractivity contribution in [3.8, 4) is 0 Å². The summed E-state index contributed by atoms with van der Waals surface area (Å²) in [4.78, 5) is 22.7. The molecule has 1 aliphatic carbocycles. The lowest BCUT2D eigenvalue weighted by atomic mass is 9.97. The van der Waals surface area contributed by atoms with Gasteiger partial charge in [-0.25, -0.2) is 9.59 Å². The predicted molar refractivity (Wildman–Crippen MR) is 45.8 cm³/mol. The normalized spacial score (nSPS) is 40.2. The molecule has 0 aromatic carbocycles. The van der Waals surface area contributed by atoms with Gasteiger partial charge in [-0.3, -0.25) is 4.90 Å². The van der Waals surface area contributed by atoms with Crippen LogP contribution in [0, 0.1) is 5.92 Å². The first kappa shape index (κ1) is 9.26. The van der Waals surface area contributed by atoms with Crippen molar-refractivity contribution in [3.05, 3.63) is 0 Å². The Morgan fingerprint density at radius 1 is 1.29 bits per heavy atom. The number of hydrogen-bond donors (Lipinski definition) is 3. The number of nitrogens with zero attached hydrogens (tertiary/aromatic N) is 1. The number of carboxylic acids is 1. The fourth-order valence-corrected chi connectivity index (χ4v) is 2.68. The Morgan fingerprint density at radius 2 is 1.93 bits per heavy atom. The molecule has 0 aromatic heterocycles. The summed E-state index contributed by atoms with van der Waals surface area (Å²) >= 11 is 0. The second-order valence-corrected chi connectivity index (χ2v) is 3.94. The number of hydrogen-bond acceptors (Lipinski definition) is 3. The second-order valence-electron chi connectivity index (χ2n) is 3.94. The zero-order valence-electron chi connectivity index (χ0n) is 7.46. The van der Waals surface area contributed by atoms with Crippen LogP contribution in [0.2, 0.25) is 0 Å². The number of aliphatic carboxylic acids is 1. The van der Waals surface area contributed by atoms with E-state index in [0.29, 0.717) is 12.8 Å². The van der Waals surface area contributed by atoms with Gasteiger partial charge in [-0.15, -0.1) is 0 Å². The number of likely N-dealkylation sites (tertiary alicyclic amines) is 1. The molecule has 0 unspecified atom stereocenters. The SMILES string of the molecule is N[C@@H]1C[C@@H]2C[C@H]1N(C(=O)O)[C@@H]2C(=O)O. The van der Waals surface area contributed by atoms with Gasteiger partial charge in [0.1, 0.15) is 6.04 Å². The van der Waals surface area contributed by atoms with Crippen molar-refractivity contribution in [2.75, 3.05) is 0 Å². The van der Waals surface area contributed by atoms with Crippen LogP contribution in [0.5, 0.6) is 0 Å². The first-order valence-electron chi connectivity index (χ1n) is 4.52. The van der Waals surface area contributed by atoms with Crippen molar-refractivity contribution >= 4 is 12.1 Å². The van der Waals surface area contributed by atoms with Gasteiger partial charge in [0.25, 0.3) is 0 Å². The van der Waals surface area contributed by atoms with Gasteiger partial charge < -0.3 is 15.9 Å². The van der Waals surface area contributed by atoms with Crippen molar-refractivity contribution in [3.63, 3.8) is 0 Å². The average Bonchev–Trinajstić information content (AvgIpc) is 2.58. The molecule has 6 nitrogen and oxygen atoms in total. The zero-order valence-corrected chi connectivity index (χ0v) is 7.46. The van der Waals surface area contributed by atoms with E-state index in [-0.39, 0.29) is 18.0 Å². The molecule has 2 bridgehead atoms. The van der Waals surface area contributed by atoms with Crippen molar-refractivity contribution < 1.29 is 19.8 Å². The molecule has 2 rings (SSSR count). The maximum absolute atomic E-state index is 10.9. The minimum Gasteiger partial charge on any atom is -0.480 e. The average molecular weight is 200 g/mol. The summed E-state index contributed by atoms with van der Waals surface area (Å²) in [5.41, 5.74) is 5.71. The quantitative estimate of drug-likeness (QED) is 0.531. The van der Waals surface area contributed by atoms with Gasteiger partial charge in [-0.2, -0.15) is 0 Å². The van der Waals surface area contributed by atoms with E-state index >= 15 is 0 Å². The van der Waals surface area contributed by atoms with E-state index in [9.17, 15) is 9.59 Å². The third-order valence-electron chi connectivity index (χ3n) is 3.19. The van der Waals surface area contributed by atoms with E-state index in [2.05, 4.69) is 0 Å². The van der Waals surface area contributed by atoms with Crippen molar-refractivity contribution in [2.45, 2.75) is 31.0 Å². The Hall–Kier alpha value is -1.30. The van der Waals surface area contributed by atoms with E-state index in [1.165, 1.54) is 0 Å². The number of rotatable bonds is 1. The molecular formula is C8H12N2O4. The molecule has 2 aliphatic rings. The van der Waals surface area contributed by atoms with Crippen LogP contribution in [0.1, 0.15) is 12.8 Å². The first-order valence-corrected chi connectivity index (χ1v) is 4.52. The van der Waals surface area contributed by atoms with Crippen LogP contribution in [0.25, 0.3) is 0 Å². The number of carbonyl (C=O) groups is 2. The summed E-state index contributed by atoms with van der Waals surface area (Å²) in [5.74, 6) is -1.17. The summed E-state index contributed by atoms with van der Waals surface area (Å²) < 4.78 is 0. The standard InChI is InChI=1S/C8H12N2O4/c9-4-1-3-2-5(4)10(8(13)14)6(3)7(11)12/h3-6H,1-2,9H2,(H,11,12)(H,13,14)/t3-,4-,5-,6+/m1/s1. The number of piperidine rings is 1. The second kappa shape index (κ2) is 2.84. The van der Waals surface area contributed by atoms with E-state index in [4.69, 9.17) is 15.9 Å². The van der Waals surface area contributed by atoms with E-state index < -0.39 is 18.1 Å². The molecule has 0 aromatic rings. The Balaban J connectivity index is 2.27. The largest absolute Gasteiger partial charge is 0.480 e. The van der Waals surface area contributed by atoms with Crippen LogP contribution in [0.4, 0.5) is 4.79 Å². The highest BCUT2D eigenvalue weighted by Gasteiger charge is 2.55. The van der Waals surface area contributed by atoms with Gasteiger partial charge in [0.2, 0.25) is 0 Å². The molecule has 6 heteroatoms. The Bertz CT molecular complexity index is 293. The van der Waals surface area contributed by atoms with E-state index in [1.54, 1.807) is 0 Å². The smallest absolute Gasteiger partial charge is 0.408 e. The lowest BCUT2D eigenvalue weighted by Crippen LogP contribution is -2.55. The summed E-state index contributed by atoms with van der Waals surface area (Å²) in [6.45, 7) is 0. The Labute approximate surface area is 80.3 Å². The van der Waals surface area contributed by atoms with Gasteiger partial charge in [-0.05, 0) is 18.8 Å². The molecular weight excluding hydrogens is 188 g/mol. The fourth-order valence-electron chi connectivity index (χ4n) is 2.68. The molecule has 14 heavy (non-hydrogen) atoms. The molecule has 0 spiro atoms. The summed E-state index contributed by atoms with van der Waals surface area (Å²) in [7, 11) is 0. The van der Waals surface area contributed by atoms with Crippen LogP contribution < -0.4 is 5.73 Å². The van der Waals surface area contributed by atoms with Crippen LogP contribution in [0.15, 0.2) is 0 Å². The van der Waals surface area contributed by atoms with Gasteiger partial charge in [0.15, 0.2) is 0 Å². The Morgan fingerprint density at radius 3 is 2.43 bits per heavy atom. The molecule has 78 valence electrons.